The first-order valence-corrected chi connectivity index (χ1v) is 8.17. The van der Waals surface area contributed by atoms with E-state index in [1.54, 1.807) is 27.7 Å². The fourth-order valence-corrected chi connectivity index (χ4v) is 2.89. The Balaban J connectivity index is 1.74. The Morgan fingerprint density at radius 1 is 1.08 bits per heavy atom. The minimum Gasteiger partial charge on any atom is -0.493 e. The molecule has 3 rings (SSSR count). The minimum atomic E-state index is 0.352. The van der Waals surface area contributed by atoms with Gasteiger partial charge < -0.3 is 24.3 Å². The lowest BCUT2D eigenvalue weighted by Crippen LogP contribution is -2.06. The minimum absolute atomic E-state index is 0.352. The molecular weight excluding hydrogens is 322 g/mol. The van der Waals surface area contributed by atoms with Gasteiger partial charge in [0.2, 0.25) is 5.75 Å². The molecule has 7 nitrogen and oxygen atoms in total. The van der Waals surface area contributed by atoms with Crippen molar-refractivity contribution in [3.05, 3.63) is 35.8 Å². The van der Waals surface area contributed by atoms with Crippen molar-refractivity contribution < 1.29 is 18.9 Å². The SMILES string of the molecule is COc1cc(CNc2cc(C3CCOC3)ncn2)cc(OC)c1OC. The van der Waals surface area contributed by atoms with Crippen LogP contribution in [0.2, 0.25) is 0 Å². The lowest BCUT2D eigenvalue weighted by molar-refractivity contribution is 0.193. The van der Waals surface area contributed by atoms with Crippen molar-refractivity contribution >= 4 is 5.82 Å². The van der Waals surface area contributed by atoms with Gasteiger partial charge in [0.1, 0.15) is 12.1 Å². The molecule has 134 valence electrons. The second kappa shape index (κ2) is 8.02. The van der Waals surface area contributed by atoms with E-state index in [9.17, 15) is 0 Å². The molecule has 0 saturated carbocycles. The van der Waals surface area contributed by atoms with Crippen LogP contribution < -0.4 is 19.5 Å². The van der Waals surface area contributed by atoms with Gasteiger partial charge in [-0.05, 0) is 24.1 Å². The molecule has 1 aromatic heterocycles. The second-order valence-corrected chi connectivity index (χ2v) is 5.78. The highest BCUT2D eigenvalue weighted by Gasteiger charge is 2.19. The highest BCUT2D eigenvalue weighted by molar-refractivity contribution is 5.54. The maximum atomic E-state index is 5.43. The molecule has 2 aromatic rings. The molecule has 2 heterocycles. The zero-order valence-corrected chi connectivity index (χ0v) is 14.7. The van der Waals surface area contributed by atoms with E-state index in [-0.39, 0.29) is 0 Å². The smallest absolute Gasteiger partial charge is 0.203 e. The third kappa shape index (κ3) is 3.93. The van der Waals surface area contributed by atoms with Crippen LogP contribution in [0.4, 0.5) is 5.82 Å². The average molecular weight is 345 g/mol. The van der Waals surface area contributed by atoms with Gasteiger partial charge in [-0.2, -0.15) is 0 Å². The summed E-state index contributed by atoms with van der Waals surface area (Å²) in [5.41, 5.74) is 2.01. The van der Waals surface area contributed by atoms with Gasteiger partial charge in [-0.1, -0.05) is 0 Å². The number of methoxy groups -OCH3 is 3. The molecule has 1 unspecified atom stereocenters. The van der Waals surface area contributed by atoms with Crippen molar-refractivity contribution in [2.45, 2.75) is 18.9 Å². The van der Waals surface area contributed by atoms with Gasteiger partial charge >= 0.3 is 0 Å². The van der Waals surface area contributed by atoms with Crippen LogP contribution in [-0.2, 0) is 11.3 Å². The number of rotatable bonds is 7. The molecule has 1 atom stereocenters. The molecule has 0 bridgehead atoms. The van der Waals surface area contributed by atoms with Crippen LogP contribution in [-0.4, -0.2) is 44.5 Å². The van der Waals surface area contributed by atoms with Gasteiger partial charge in [0.15, 0.2) is 11.5 Å². The lowest BCUT2D eigenvalue weighted by Gasteiger charge is -2.15. The molecule has 0 aliphatic carbocycles. The Kier molecular flexibility index (Phi) is 5.55. The standard InChI is InChI=1S/C18H23N3O4/c1-22-15-6-12(7-16(23-2)18(15)24-3)9-19-17-8-14(20-11-21-17)13-4-5-25-10-13/h6-8,11,13H,4-5,9-10H2,1-3H3,(H,19,20,21). The van der Waals surface area contributed by atoms with E-state index in [0.29, 0.717) is 29.7 Å². The van der Waals surface area contributed by atoms with E-state index in [0.717, 1.165) is 36.7 Å². The van der Waals surface area contributed by atoms with Crippen molar-refractivity contribution in [1.29, 1.82) is 0 Å². The number of aromatic nitrogens is 2. The molecule has 0 radical (unpaired) electrons. The molecule has 0 spiro atoms. The summed E-state index contributed by atoms with van der Waals surface area (Å²) in [6.45, 7) is 2.10. The molecule has 1 aliphatic heterocycles. The summed E-state index contributed by atoms with van der Waals surface area (Å²) in [4.78, 5) is 8.66. The Labute approximate surface area is 147 Å². The van der Waals surface area contributed by atoms with Crippen molar-refractivity contribution in [3.63, 3.8) is 0 Å². The third-order valence-electron chi connectivity index (χ3n) is 4.23. The quantitative estimate of drug-likeness (QED) is 0.827. The molecule has 1 aromatic carbocycles. The first-order chi connectivity index (χ1) is 12.2. The van der Waals surface area contributed by atoms with Crippen molar-refractivity contribution in [2.24, 2.45) is 0 Å². The summed E-state index contributed by atoms with van der Waals surface area (Å²) >= 11 is 0. The van der Waals surface area contributed by atoms with E-state index in [1.807, 2.05) is 18.2 Å². The lowest BCUT2D eigenvalue weighted by atomic mass is 10.1. The third-order valence-corrected chi connectivity index (χ3v) is 4.23. The molecular formula is C18H23N3O4. The maximum absolute atomic E-state index is 5.43. The summed E-state index contributed by atoms with van der Waals surface area (Å²) in [7, 11) is 4.80. The Morgan fingerprint density at radius 3 is 2.44 bits per heavy atom. The summed E-state index contributed by atoms with van der Waals surface area (Å²) < 4.78 is 21.6. The van der Waals surface area contributed by atoms with Gasteiger partial charge in [0.25, 0.3) is 0 Å². The van der Waals surface area contributed by atoms with Crippen molar-refractivity contribution in [2.75, 3.05) is 39.9 Å². The van der Waals surface area contributed by atoms with E-state index in [2.05, 4.69) is 15.3 Å². The van der Waals surface area contributed by atoms with Gasteiger partial charge in [-0.15, -0.1) is 0 Å². The number of hydrogen-bond donors (Lipinski definition) is 1. The molecule has 1 N–H and O–H groups in total. The summed E-state index contributed by atoms with van der Waals surface area (Å²) in [6.07, 6.45) is 2.59. The predicted octanol–water partition coefficient (Wildman–Crippen LogP) is 2.62. The van der Waals surface area contributed by atoms with Crippen LogP contribution in [0.15, 0.2) is 24.5 Å². The van der Waals surface area contributed by atoms with E-state index in [4.69, 9.17) is 18.9 Å². The van der Waals surface area contributed by atoms with Crippen molar-refractivity contribution in [3.8, 4) is 17.2 Å². The normalized spacial score (nSPS) is 16.5. The highest BCUT2D eigenvalue weighted by atomic mass is 16.5. The van der Waals surface area contributed by atoms with E-state index in [1.165, 1.54) is 0 Å². The number of ether oxygens (including phenoxy) is 4. The topological polar surface area (TPSA) is 74.7 Å². The first-order valence-electron chi connectivity index (χ1n) is 8.17. The molecule has 7 heteroatoms. The molecule has 1 aliphatic rings. The summed E-state index contributed by atoms with van der Waals surface area (Å²) in [5.74, 6) is 2.98. The largest absolute Gasteiger partial charge is 0.493 e. The summed E-state index contributed by atoms with van der Waals surface area (Å²) in [5, 5.41) is 3.32. The number of anilines is 1. The fraction of sp³-hybridized carbons (Fsp3) is 0.444. The highest BCUT2D eigenvalue weighted by Crippen LogP contribution is 2.38. The number of benzene rings is 1. The van der Waals surface area contributed by atoms with Gasteiger partial charge in [0.05, 0.1) is 33.6 Å². The van der Waals surface area contributed by atoms with Crippen LogP contribution >= 0.6 is 0 Å². The number of nitrogens with one attached hydrogen (secondary N) is 1. The molecule has 1 saturated heterocycles. The van der Waals surface area contributed by atoms with E-state index < -0.39 is 0 Å². The van der Waals surface area contributed by atoms with Crippen LogP contribution in [0.5, 0.6) is 17.2 Å². The zero-order chi connectivity index (χ0) is 17.6. The molecule has 1 fully saturated rings. The monoisotopic (exact) mass is 345 g/mol. The zero-order valence-electron chi connectivity index (χ0n) is 14.7. The van der Waals surface area contributed by atoms with Gasteiger partial charge in [-0.25, -0.2) is 9.97 Å². The van der Waals surface area contributed by atoms with Gasteiger partial charge in [0, 0.05) is 25.1 Å². The van der Waals surface area contributed by atoms with Gasteiger partial charge in [-0.3, -0.25) is 0 Å². The Morgan fingerprint density at radius 2 is 1.84 bits per heavy atom. The number of hydrogen-bond acceptors (Lipinski definition) is 7. The number of nitrogens with zero attached hydrogens (tertiary/aromatic N) is 2. The van der Waals surface area contributed by atoms with Crippen LogP contribution in [0, 0.1) is 0 Å². The average Bonchev–Trinajstić information content (AvgIpc) is 3.20. The van der Waals surface area contributed by atoms with Crippen LogP contribution in [0.3, 0.4) is 0 Å². The van der Waals surface area contributed by atoms with Crippen molar-refractivity contribution in [1.82, 2.24) is 9.97 Å². The molecule has 0 amide bonds. The summed E-state index contributed by atoms with van der Waals surface area (Å²) in [6, 6.07) is 5.82. The Bertz CT molecular complexity index is 692. The fourth-order valence-electron chi connectivity index (χ4n) is 2.89. The van der Waals surface area contributed by atoms with Crippen LogP contribution in [0.1, 0.15) is 23.6 Å². The second-order valence-electron chi connectivity index (χ2n) is 5.78. The first kappa shape index (κ1) is 17.3. The van der Waals surface area contributed by atoms with Crippen LogP contribution in [0.25, 0.3) is 0 Å². The predicted molar refractivity (Wildman–Crippen MR) is 93.6 cm³/mol. The maximum Gasteiger partial charge on any atom is 0.203 e. The van der Waals surface area contributed by atoms with E-state index >= 15 is 0 Å². The molecule has 25 heavy (non-hydrogen) atoms. The Hall–Kier alpha value is -2.54.